The van der Waals surface area contributed by atoms with Gasteiger partial charge < -0.3 is 52.3 Å². The van der Waals surface area contributed by atoms with E-state index in [4.69, 9.17) is 5.11 Å². The largest absolute Gasteiger partial charge is 0.481 e. The number of urea groups is 1. The van der Waals surface area contributed by atoms with Gasteiger partial charge in [-0.1, -0.05) is 79.9 Å². The Morgan fingerprint density at radius 2 is 0.933 bits per heavy atom. The predicted octanol–water partition coefficient (Wildman–Crippen LogP) is 1.25. The SMILES string of the molecule is O=C(O)CC[C@H](NC(=O)N[C@@H](CCC(=O)NCCCCCCCC(=O)N[C@@H](Cc1ccccc1)C(=O)N[C@@H](Cc1ccccc1)C(=O)N[C@@H](CS)C(=O)O)C(=O)O)C(=O)O. The van der Waals surface area contributed by atoms with E-state index in [2.05, 4.69) is 39.2 Å². The number of thiol groups is 1. The Balaban J connectivity index is 1.83. The van der Waals surface area contributed by atoms with Crippen molar-refractivity contribution in [1.82, 2.24) is 31.9 Å². The molecule has 0 aliphatic rings. The maximum atomic E-state index is 13.7. The van der Waals surface area contributed by atoms with E-state index >= 15 is 0 Å². The summed E-state index contributed by atoms with van der Waals surface area (Å²) in [4.78, 5) is 110. The summed E-state index contributed by atoms with van der Waals surface area (Å²) in [6, 6.07) is 10.2. The predicted molar refractivity (Wildman–Crippen MR) is 219 cm³/mol. The van der Waals surface area contributed by atoms with E-state index in [1.54, 1.807) is 54.6 Å². The number of rotatable bonds is 29. The van der Waals surface area contributed by atoms with Crippen LogP contribution in [0.25, 0.3) is 0 Å². The summed E-state index contributed by atoms with van der Waals surface area (Å²) in [6.07, 6.45) is 2.00. The molecule has 0 saturated heterocycles. The van der Waals surface area contributed by atoms with Gasteiger partial charge in [-0.05, 0) is 36.8 Å². The first-order chi connectivity index (χ1) is 28.6. The minimum Gasteiger partial charge on any atom is -0.481 e. The van der Waals surface area contributed by atoms with Crippen molar-refractivity contribution >= 4 is 66.2 Å². The van der Waals surface area contributed by atoms with Crippen molar-refractivity contribution in [2.45, 2.75) is 107 Å². The van der Waals surface area contributed by atoms with Gasteiger partial charge in [0.2, 0.25) is 23.6 Å². The molecule has 0 spiro atoms. The van der Waals surface area contributed by atoms with Crippen molar-refractivity contribution in [3.63, 3.8) is 0 Å². The van der Waals surface area contributed by atoms with Crippen molar-refractivity contribution in [3.05, 3.63) is 71.8 Å². The van der Waals surface area contributed by atoms with Gasteiger partial charge in [0.15, 0.2) is 0 Å². The Kier molecular flexibility index (Phi) is 22.9. The second kappa shape index (κ2) is 27.5. The van der Waals surface area contributed by atoms with Crippen LogP contribution >= 0.6 is 12.6 Å². The van der Waals surface area contributed by atoms with Crippen LogP contribution in [0, 0.1) is 0 Å². The highest BCUT2D eigenvalue weighted by Gasteiger charge is 2.30. The zero-order valence-corrected chi connectivity index (χ0v) is 33.9. The molecular formula is C40H54N6O13S. The molecule has 0 aromatic heterocycles. The lowest BCUT2D eigenvalue weighted by molar-refractivity contribution is -0.142. The number of amides is 6. The summed E-state index contributed by atoms with van der Waals surface area (Å²) < 4.78 is 0. The molecule has 0 heterocycles. The van der Waals surface area contributed by atoms with E-state index in [1.807, 2.05) is 11.4 Å². The van der Waals surface area contributed by atoms with Crippen LogP contribution in [0.5, 0.6) is 0 Å². The molecule has 60 heavy (non-hydrogen) atoms. The average molecular weight is 859 g/mol. The zero-order chi connectivity index (χ0) is 44.5. The van der Waals surface area contributed by atoms with Gasteiger partial charge in [-0.2, -0.15) is 12.6 Å². The van der Waals surface area contributed by atoms with E-state index in [9.17, 15) is 58.5 Å². The minimum absolute atomic E-state index is 0.0631. The Hall–Kier alpha value is -6.18. The Bertz CT molecular complexity index is 1750. The molecule has 0 aliphatic heterocycles. The third-order valence-corrected chi connectivity index (χ3v) is 9.43. The van der Waals surface area contributed by atoms with Crippen LogP contribution in [-0.4, -0.2) is 116 Å². The van der Waals surface area contributed by atoms with E-state index in [0.717, 1.165) is 17.5 Å². The second-order valence-electron chi connectivity index (χ2n) is 13.9. The van der Waals surface area contributed by atoms with Crippen LogP contribution in [0.2, 0.25) is 0 Å². The quantitative estimate of drug-likeness (QED) is 0.0406. The van der Waals surface area contributed by atoms with E-state index < -0.39 is 90.7 Å². The fraction of sp³-hybridized carbons (Fsp3) is 0.475. The van der Waals surface area contributed by atoms with Gasteiger partial charge in [0.1, 0.15) is 30.2 Å². The van der Waals surface area contributed by atoms with Crippen molar-refractivity contribution < 1.29 is 63.6 Å². The highest BCUT2D eigenvalue weighted by Crippen LogP contribution is 2.10. The Labute approximate surface area is 352 Å². The molecule has 2 aromatic carbocycles. The Morgan fingerprint density at radius 1 is 0.483 bits per heavy atom. The third kappa shape index (κ3) is 20.5. The molecule has 2 aromatic rings. The summed E-state index contributed by atoms with van der Waals surface area (Å²) in [5.74, 6) is -7.85. The third-order valence-electron chi connectivity index (χ3n) is 9.06. The lowest BCUT2D eigenvalue weighted by Crippen LogP contribution is -2.57. The number of hydrogen-bond acceptors (Lipinski definition) is 10. The number of carbonyl (C=O) groups is 9. The van der Waals surface area contributed by atoms with Gasteiger partial charge >= 0.3 is 29.9 Å². The van der Waals surface area contributed by atoms with Crippen molar-refractivity contribution in [3.8, 4) is 0 Å². The molecule has 5 atom stereocenters. The van der Waals surface area contributed by atoms with E-state index in [1.165, 1.54) is 0 Å². The number of unbranched alkanes of at least 4 members (excludes halogenated alkanes) is 4. The highest BCUT2D eigenvalue weighted by atomic mass is 32.1. The van der Waals surface area contributed by atoms with Gasteiger partial charge in [0, 0.05) is 44.4 Å². The molecule has 6 amide bonds. The number of carboxylic acids is 4. The van der Waals surface area contributed by atoms with Crippen LogP contribution in [0.4, 0.5) is 4.79 Å². The fourth-order valence-electron chi connectivity index (χ4n) is 5.79. The summed E-state index contributed by atoms with van der Waals surface area (Å²) in [5, 5.41) is 51.5. The summed E-state index contributed by atoms with van der Waals surface area (Å²) >= 11 is 4.01. The van der Waals surface area contributed by atoms with E-state index in [0.29, 0.717) is 32.2 Å². The molecule has 2 rings (SSSR count). The standard InChI is InChI=1S/C40H54N6O13S/c47-32(19-17-27(37(53)54)45-40(59)46-28(38(55)56)18-20-34(49)50)41-21-11-3-1-2-10-16-33(48)42-29(22-25-12-6-4-7-13-25)35(51)43-30(23-26-14-8-5-9-15-26)36(52)44-31(24-60)39(57)58/h4-9,12-15,27-31,60H,1-3,10-11,16-24H2,(H,41,47)(H,42,48)(H,43,51)(H,44,52)(H,49,50)(H,53,54)(H,55,56)(H,57,58)(H2,45,46,59)/t27-,28-,29-,30-,31-/m0/s1. The maximum Gasteiger partial charge on any atom is 0.327 e. The van der Waals surface area contributed by atoms with Gasteiger partial charge in [-0.3, -0.25) is 24.0 Å². The number of carboxylic acid groups (broad SMARTS) is 4. The molecule has 0 bridgehead atoms. The summed E-state index contributed by atoms with van der Waals surface area (Å²) in [5.41, 5.74) is 1.48. The molecule has 20 heteroatoms. The average Bonchev–Trinajstić information content (AvgIpc) is 3.20. The molecule has 10 N–H and O–H groups in total. The summed E-state index contributed by atoms with van der Waals surface area (Å²) in [7, 11) is 0. The number of nitrogens with one attached hydrogen (secondary N) is 6. The smallest absolute Gasteiger partial charge is 0.327 e. The monoisotopic (exact) mass is 858 g/mol. The van der Waals surface area contributed by atoms with Crippen LogP contribution < -0.4 is 31.9 Å². The maximum absolute atomic E-state index is 13.7. The molecule has 19 nitrogen and oxygen atoms in total. The fourth-order valence-corrected chi connectivity index (χ4v) is 6.04. The highest BCUT2D eigenvalue weighted by molar-refractivity contribution is 7.80. The molecule has 0 saturated carbocycles. The lowest BCUT2D eigenvalue weighted by atomic mass is 10.0. The first-order valence-corrected chi connectivity index (χ1v) is 20.1. The van der Waals surface area contributed by atoms with Crippen molar-refractivity contribution in [2.75, 3.05) is 12.3 Å². The van der Waals surface area contributed by atoms with Gasteiger partial charge in [-0.15, -0.1) is 0 Å². The van der Waals surface area contributed by atoms with E-state index in [-0.39, 0.29) is 43.8 Å². The molecule has 0 radical (unpaired) electrons. The molecule has 0 fully saturated rings. The Morgan fingerprint density at radius 3 is 1.42 bits per heavy atom. The van der Waals surface area contributed by atoms with Crippen LogP contribution in [0.3, 0.4) is 0 Å². The first kappa shape index (κ1) is 50.0. The van der Waals surface area contributed by atoms with Crippen LogP contribution in [0.1, 0.15) is 75.3 Å². The van der Waals surface area contributed by atoms with Crippen LogP contribution in [0.15, 0.2) is 60.7 Å². The van der Waals surface area contributed by atoms with Crippen molar-refractivity contribution in [2.24, 2.45) is 0 Å². The van der Waals surface area contributed by atoms with Gasteiger partial charge in [0.25, 0.3) is 0 Å². The molecule has 0 unspecified atom stereocenters. The second-order valence-corrected chi connectivity index (χ2v) is 14.2. The molecule has 328 valence electrons. The summed E-state index contributed by atoms with van der Waals surface area (Å²) in [6.45, 7) is 0.292. The topological polar surface area (TPSA) is 307 Å². The molecule has 0 aliphatic carbocycles. The molecular weight excluding hydrogens is 805 g/mol. The minimum atomic E-state index is -1.56. The zero-order valence-electron chi connectivity index (χ0n) is 33.0. The van der Waals surface area contributed by atoms with Crippen LogP contribution in [-0.2, 0) is 51.2 Å². The number of benzene rings is 2. The van der Waals surface area contributed by atoms with Gasteiger partial charge in [-0.25, -0.2) is 19.2 Å². The number of carbonyl (C=O) groups excluding carboxylic acids is 5. The van der Waals surface area contributed by atoms with Gasteiger partial charge in [0.05, 0.1) is 0 Å². The number of hydrogen-bond donors (Lipinski definition) is 11. The normalized spacial score (nSPS) is 13.2. The lowest BCUT2D eigenvalue weighted by Gasteiger charge is -2.24. The number of aliphatic carboxylic acids is 4. The van der Waals surface area contributed by atoms with Crippen molar-refractivity contribution in [1.29, 1.82) is 0 Å². The first-order valence-electron chi connectivity index (χ1n) is 19.4.